The number of carbonyl (C=O) groups is 1. The van der Waals surface area contributed by atoms with Crippen molar-refractivity contribution in [1.82, 2.24) is 4.90 Å². The molecule has 1 saturated carbocycles. The van der Waals surface area contributed by atoms with E-state index in [0.29, 0.717) is 6.61 Å². The third kappa shape index (κ3) is 2.51. The molecule has 2 unspecified atom stereocenters. The molecule has 1 aliphatic heterocycles. The lowest BCUT2D eigenvalue weighted by Crippen LogP contribution is -2.62. The van der Waals surface area contributed by atoms with E-state index in [1.165, 1.54) is 0 Å². The average Bonchev–Trinajstić information content (AvgIpc) is 2.48. The predicted molar refractivity (Wildman–Crippen MR) is 78.3 cm³/mol. The number of nitrogens with zero attached hydrogens (tertiary/aromatic N) is 1. The molecule has 2 fully saturated rings. The number of amides is 1. The molecule has 20 heavy (non-hydrogen) atoms. The van der Waals surface area contributed by atoms with Crippen LogP contribution in [0.2, 0.25) is 0 Å². The Kier molecular flexibility index (Phi) is 4.86. The van der Waals surface area contributed by atoms with Crippen LogP contribution in [-0.4, -0.2) is 47.8 Å². The van der Waals surface area contributed by atoms with E-state index < -0.39 is 0 Å². The Morgan fingerprint density at radius 2 is 2.05 bits per heavy atom. The number of rotatable bonds is 4. The lowest BCUT2D eigenvalue weighted by Gasteiger charge is -2.56. The van der Waals surface area contributed by atoms with Gasteiger partial charge in [-0.15, -0.1) is 0 Å². The predicted octanol–water partition coefficient (Wildman–Crippen LogP) is 2.12. The van der Waals surface area contributed by atoms with Gasteiger partial charge in [-0.1, -0.05) is 13.0 Å². The van der Waals surface area contributed by atoms with Gasteiger partial charge in [-0.2, -0.15) is 0 Å². The van der Waals surface area contributed by atoms with E-state index in [2.05, 4.69) is 0 Å². The molecule has 1 spiro atoms. The van der Waals surface area contributed by atoms with E-state index in [0.717, 1.165) is 44.3 Å². The van der Waals surface area contributed by atoms with E-state index in [1.807, 2.05) is 31.7 Å². The summed E-state index contributed by atoms with van der Waals surface area (Å²) in [5.41, 5.74) is 0.784. The van der Waals surface area contributed by atoms with Crippen molar-refractivity contribution in [3.63, 3.8) is 0 Å². The zero-order valence-electron chi connectivity index (χ0n) is 12.9. The minimum absolute atomic E-state index is 0.102. The van der Waals surface area contributed by atoms with Gasteiger partial charge in [0.25, 0.3) is 0 Å². The first-order valence-corrected chi connectivity index (χ1v) is 7.83. The molecular formula is C16H27NO3. The first kappa shape index (κ1) is 15.5. The summed E-state index contributed by atoms with van der Waals surface area (Å²) in [4.78, 5) is 14.3. The molecule has 114 valence electrons. The van der Waals surface area contributed by atoms with E-state index in [1.54, 1.807) is 0 Å². The number of carbonyl (C=O) groups excluding carboxylic acids is 1. The summed E-state index contributed by atoms with van der Waals surface area (Å²) >= 11 is 0. The molecule has 0 bridgehead atoms. The van der Waals surface area contributed by atoms with Crippen molar-refractivity contribution in [3.8, 4) is 0 Å². The van der Waals surface area contributed by atoms with Crippen molar-refractivity contribution >= 4 is 5.91 Å². The number of hydrogen-bond donors (Lipinski definition) is 1. The lowest BCUT2D eigenvalue weighted by atomic mass is 9.58. The highest BCUT2D eigenvalue weighted by Gasteiger charge is 2.56. The van der Waals surface area contributed by atoms with Crippen molar-refractivity contribution in [2.75, 3.05) is 19.7 Å². The molecule has 0 aromatic carbocycles. The van der Waals surface area contributed by atoms with Gasteiger partial charge in [0, 0.05) is 37.1 Å². The van der Waals surface area contributed by atoms with Crippen LogP contribution in [0.4, 0.5) is 0 Å². The van der Waals surface area contributed by atoms with Gasteiger partial charge in [-0.3, -0.25) is 4.79 Å². The van der Waals surface area contributed by atoms with Gasteiger partial charge >= 0.3 is 0 Å². The maximum atomic E-state index is 12.3. The maximum Gasteiger partial charge on any atom is 0.249 e. The van der Waals surface area contributed by atoms with Crippen molar-refractivity contribution in [2.24, 2.45) is 5.41 Å². The van der Waals surface area contributed by atoms with E-state index in [-0.39, 0.29) is 23.5 Å². The molecular weight excluding hydrogens is 254 g/mol. The van der Waals surface area contributed by atoms with Gasteiger partial charge in [0.2, 0.25) is 5.91 Å². The van der Waals surface area contributed by atoms with Crippen molar-refractivity contribution in [1.29, 1.82) is 0 Å². The number of aliphatic hydroxyl groups is 1. The molecule has 1 amide bonds. The first-order valence-electron chi connectivity index (χ1n) is 7.83. The van der Waals surface area contributed by atoms with Gasteiger partial charge in [-0.05, 0) is 33.1 Å². The summed E-state index contributed by atoms with van der Waals surface area (Å²) in [6.07, 6.45) is 5.05. The smallest absolute Gasteiger partial charge is 0.249 e. The molecule has 2 aliphatic rings. The Morgan fingerprint density at radius 1 is 1.40 bits per heavy atom. The van der Waals surface area contributed by atoms with Gasteiger partial charge < -0.3 is 14.7 Å². The van der Waals surface area contributed by atoms with Crippen LogP contribution in [0.15, 0.2) is 11.6 Å². The second kappa shape index (κ2) is 6.27. The van der Waals surface area contributed by atoms with Crippen LogP contribution in [0.3, 0.4) is 0 Å². The Morgan fingerprint density at radius 3 is 2.50 bits per heavy atom. The summed E-state index contributed by atoms with van der Waals surface area (Å²) in [6, 6.07) is 0. The van der Waals surface area contributed by atoms with Gasteiger partial charge in [-0.25, -0.2) is 0 Å². The third-order valence-corrected chi connectivity index (χ3v) is 5.10. The molecule has 2 rings (SSSR count). The number of likely N-dealkylation sites (tertiary alicyclic amines) is 1. The highest BCUT2D eigenvalue weighted by molar-refractivity contribution is 5.93. The molecule has 2 atom stereocenters. The normalized spacial score (nSPS) is 29.4. The monoisotopic (exact) mass is 281 g/mol. The zero-order valence-corrected chi connectivity index (χ0v) is 12.9. The largest absolute Gasteiger partial charge is 0.392 e. The van der Waals surface area contributed by atoms with Gasteiger partial charge in [0.1, 0.15) is 0 Å². The molecule has 0 aromatic rings. The maximum absolute atomic E-state index is 12.3. The van der Waals surface area contributed by atoms with E-state index in [9.17, 15) is 9.90 Å². The Hall–Kier alpha value is -0.870. The van der Waals surface area contributed by atoms with E-state index in [4.69, 9.17) is 4.74 Å². The number of hydrogen-bond acceptors (Lipinski definition) is 3. The second-order valence-corrected chi connectivity index (χ2v) is 5.89. The summed E-state index contributed by atoms with van der Waals surface area (Å²) in [5.74, 6) is 0.159. The van der Waals surface area contributed by atoms with Crippen LogP contribution >= 0.6 is 0 Å². The number of piperidine rings is 1. The van der Waals surface area contributed by atoms with Crippen molar-refractivity contribution in [3.05, 3.63) is 11.6 Å². The molecule has 0 radical (unpaired) electrons. The fourth-order valence-electron chi connectivity index (χ4n) is 3.62. The number of aliphatic hydroxyl groups excluding tert-OH is 1. The summed E-state index contributed by atoms with van der Waals surface area (Å²) < 4.78 is 5.75. The SMILES string of the molecule is C/C=C(\CC)C(=O)N1CCC2(CC1)C(O)CC2OCC. The molecule has 1 N–H and O–H groups in total. The molecule has 4 nitrogen and oxygen atoms in total. The summed E-state index contributed by atoms with van der Waals surface area (Å²) in [5, 5.41) is 10.2. The fourth-order valence-corrected chi connectivity index (χ4v) is 3.62. The summed E-state index contributed by atoms with van der Waals surface area (Å²) in [6.45, 7) is 8.09. The Balaban J connectivity index is 1.97. The fraction of sp³-hybridized carbons (Fsp3) is 0.812. The van der Waals surface area contributed by atoms with Crippen LogP contribution in [0.5, 0.6) is 0 Å². The molecule has 1 heterocycles. The standard InChI is InChI=1S/C16H27NO3/c1-4-12(5-2)15(19)17-9-7-16(8-10-17)13(18)11-14(16)20-6-3/h4,13-14,18H,5-11H2,1-3H3/b12-4+. The molecule has 4 heteroatoms. The van der Waals surface area contributed by atoms with Crippen molar-refractivity contribution in [2.45, 2.75) is 58.7 Å². The van der Waals surface area contributed by atoms with Crippen LogP contribution in [-0.2, 0) is 9.53 Å². The number of ether oxygens (including phenoxy) is 1. The Labute approximate surface area is 121 Å². The third-order valence-electron chi connectivity index (χ3n) is 5.10. The zero-order chi connectivity index (χ0) is 14.8. The van der Waals surface area contributed by atoms with Crippen LogP contribution < -0.4 is 0 Å². The Bertz CT molecular complexity index is 381. The summed E-state index contributed by atoms with van der Waals surface area (Å²) in [7, 11) is 0. The van der Waals surface area contributed by atoms with Crippen LogP contribution in [0, 0.1) is 5.41 Å². The topological polar surface area (TPSA) is 49.8 Å². The second-order valence-electron chi connectivity index (χ2n) is 5.89. The number of allylic oxidation sites excluding steroid dienone is 1. The lowest BCUT2D eigenvalue weighted by molar-refractivity contribution is -0.209. The molecule has 1 aliphatic carbocycles. The van der Waals surface area contributed by atoms with Gasteiger partial charge in [0.05, 0.1) is 12.2 Å². The molecule has 1 saturated heterocycles. The van der Waals surface area contributed by atoms with Crippen LogP contribution in [0.1, 0.15) is 46.5 Å². The average molecular weight is 281 g/mol. The van der Waals surface area contributed by atoms with Crippen LogP contribution in [0.25, 0.3) is 0 Å². The van der Waals surface area contributed by atoms with Crippen molar-refractivity contribution < 1.29 is 14.6 Å². The first-order chi connectivity index (χ1) is 9.58. The quantitative estimate of drug-likeness (QED) is 0.803. The minimum atomic E-state index is -0.260. The highest BCUT2D eigenvalue weighted by Crippen LogP contribution is 2.51. The van der Waals surface area contributed by atoms with Gasteiger partial charge in [0.15, 0.2) is 0 Å². The molecule has 0 aromatic heterocycles. The highest BCUT2D eigenvalue weighted by atomic mass is 16.5. The minimum Gasteiger partial charge on any atom is -0.392 e. The van der Waals surface area contributed by atoms with E-state index >= 15 is 0 Å².